The van der Waals surface area contributed by atoms with Crippen molar-refractivity contribution in [1.82, 2.24) is 5.01 Å². The zero-order valence-corrected chi connectivity index (χ0v) is 17.9. The van der Waals surface area contributed by atoms with E-state index in [9.17, 15) is 9.18 Å². The Bertz CT molecular complexity index is 1160. The number of hydrogen-bond donors (Lipinski definition) is 0. The number of carbonyl (C=O) groups is 1. The van der Waals surface area contributed by atoms with Gasteiger partial charge in [-0.05, 0) is 60.2 Å². The maximum absolute atomic E-state index is 13.3. The molecule has 3 aromatic rings. The molecule has 7 heteroatoms. The molecule has 0 radical (unpaired) electrons. The van der Waals surface area contributed by atoms with Crippen molar-refractivity contribution in [2.75, 3.05) is 0 Å². The van der Waals surface area contributed by atoms with Crippen LogP contribution in [0.4, 0.5) is 4.39 Å². The fraction of sp³-hybridized carbons (Fsp3) is 0.130. The number of ether oxygens (including phenoxy) is 1. The van der Waals surface area contributed by atoms with Gasteiger partial charge in [0.1, 0.15) is 11.6 Å². The second-order valence-electron chi connectivity index (χ2n) is 7.18. The van der Waals surface area contributed by atoms with Crippen LogP contribution in [0.3, 0.4) is 0 Å². The summed E-state index contributed by atoms with van der Waals surface area (Å²) in [6.45, 7) is 0. The molecule has 0 amide bonds. The maximum Gasteiger partial charge on any atom is 0.251 e. The standard InChI is InChI=1S/C23H15BrClFN2O2/c24-15-5-10-21-18(11-15)20-12-19(13-1-6-16(25)7-2-13)27-28(20)23(30-21)22(29)14-3-8-17(26)9-4-14/h1-11,20,23H,12H2. The van der Waals surface area contributed by atoms with E-state index in [1.807, 2.05) is 42.5 Å². The fourth-order valence-corrected chi connectivity index (χ4v) is 4.31. The average Bonchev–Trinajstić information content (AvgIpc) is 3.19. The Hall–Kier alpha value is -2.70. The highest BCUT2D eigenvalue weighted by Gasteiger charge is 2.43. The number of rotatable bonds is 3. The molecule has 2 heterocycles. The summed E-state index contributed by atoms with van der Waals surface area (Å²) in [5, 5.41) is 7.12. The number of carbonyl (C=O) groups excluding carboxylic acids is 1. The van der Waals surface area contributed by atoms with Crippen LogP contribution >= 0.6 is 27.5 Å². The van der Waals surface area contributed by atoms with Crippen LogP contribution in [0, 0.1) is 5.82 Å². The molecule has 5 rings (SSSR count). The normalized spacial score (nSPS) is 19.6. The third kappa shape index (κ3) is 3.40. The van der Waals surface area contributed by atoms with Gasteiger partial charge in [-0.3, -0.25) is 4.79 Å². The summed E-state index contributed by atoms with van der Waals surface area (Å²) in [4.78, 5) is 13.2. The van der Waals surface area contributed by atoms with Gasteiger partial charge in [0.25, 0.3) is 6.23 Å². The van der Waals surface area contributed by atoms with Crippen molar-refractivity contribution in [3.8, 4) is 5.75 Å². The second kappa shape index (κ2) is 7.52. The van der Waals surface area contributed by atoms with Crippen molar-refractivity contribution < 1.29 is 13.9 Å². The zero-order valence-electron chi connectivity index (χ0n) is 15.6. The first-order chi connectivity index (χ1) is 14.5. The molecule has 2 aliphatic heterocycles. The third-order valence-corrected chi connectivity index (χ3v) is 6.03. The summed E-state index contributed by atoms with van der Waals surface area (Å²) in [5.41, 5.74) is 3.12. The van der Waals surface area contributed by atoms with Crippen molar-refractivity contribution in [1.29, 1.82) is 0 Å². The Kier molecular flexibility index (Phi) is 4.83. The van der Waals surface area contributed by atoms with Crippen LogP contribution in [-0.2, 0) is 0 Å². The number of fused-ring (bicyclic) bond motifs is 3. The molecule has 0 fully saturated rings. The number of benzene rings is 3. The van der Waals surface area contributed by atoms with Crippen LogP contribution < -0.4 is 4.74 Å². The van der Waals surface area contributed by atoms with Crippen molar-refractivity contribution in [2.24, 2.45) is 5.10 Å². The first-order valence-electron chi connectivity index (χ1n) is 9.37. The predicted molar refractivity (Wildman–Crippen MR) is 116 cm³/mol. The summed E-state index contributed by atoms with van der Waals surface area (Å²) < 4.78 is 20.3. The lowest BCUT2D eigenvalue weighted by Gasteiger charge is -2.37. The van der Waals surface area contributed by atoms with E-state index in [1.54, 1.807) is 5.01 Å². The molecule has 2 atom stereocenters. The molecular weight excluding hydrogens is 471 g/mol. The molecule has 0 saturated heterocycles. The van der Waals surface area contributed by atoms with Crippen molar-refractivity contribution in [2.45, 2.75) is 18.7 Å². The molecule has 0 N–H and O–H groups in total. The number of nitrogens with zero attached hydrogens (tertiary/aromatic N) is 2. The number of halogens is 3. The molecule has 3 aromatic carbocycles. The predicted octanol–water partition coefficient (Wildman–Crippen LogP) is 5.99. The first-order valence-corrected chi connectivity index (χ1v) is 10.5. The summed E-state index contributed by atoms with van der Waals surface area (Å²) >= 11 is 9.54. The highest BCUT2D eigenvalue weighted by molar-refractivity contribution is 9.10. The van der Waals surface area contributed by atoms with E-state index < -0.39 is 12.0 Å². The van der Waals surface area contributed by atoms with Crippen LogP contribution in [0.15, 0.2) is 76.3 Å². The van der Waals surface area contributed by atoms with Gasteiger partial charge < -0.3 is 4.74 Å². The van der Waals surface area contributed by atoms with E-state index in [0.717, 1.165) is 21.3 Å². The summed E-state index contributed by atoms with van der Waals surface area (Å²) in [5.74, 6) is -0.0180. The van der Waals surface area contributed by atoms with E-state index in [1.165, 1.54) is 24.3 Å². The largest absolute Gasteiger partial charge is 0.461 e. The fourth-order valence-electron chi connectivity index (χ4n) is 3.80. The van der Waals surface area contributed by atoms with Crippen molar-refractivity contribution >= 4 is 39.0 Å². The molecule has 4 nitrogen and oxygen atoms in total. The number of hydrogen-bond acceptors (Lipinski definition) is 4. The first kappa shape index (κ1) is 19.3. The molecule has 150 valence electrons. The van der Waals surface area contributed by atoms with E-state index in [0.29, 0.717) is 22.8 Å². The van der Waals surface area contributed by atoms with Gasteiger partial charge in [0.2, 0.25) is 5.78 Å². The van der Waals surface area contributed by atoms with E-state index in [4.69, 9.17) is 21.4 Å². The molecule has 0 saturated carbocycles. The minimum Gasteiger partial charge on any atom is -0.461 e. The van der Waals surface area contributed by atoms with Gasteiger partial charge in [-0.2, -0.15) is 5.10 Å². The smallest absolute Gasteiger partial charge is 0.251 e. The molecule has 2 aliphatic rings. The van der Waals surface area contributed by atoms with E-state index in [2.05, 4.69) is 15.9 Å². The van der Waals surface area contributed by atoms with Gasteiger partial charge >= 0.3 is 0 Å². The molecule has 2 unspecified atom stereocenters. The summed E-state index contributed by atoms with van der Waals surface area (Å²) in [6, 6.07) is 18.5. The van der Waals surface area contributed by atoms with Gasteiger partial charge in [0, 0.05) is 27.0 Å². The van der Waals surface area contributed by atoms with Crippen LogP contribution in [0.2, 0.25) is 5.02 Å². The SMILES string of the molecule is O=C(c1ccc(F)cc1)C1Oc2ccc(Br)cc2C2CC(c3ccc(Cl)cc3)=NN12. The van der Waals surface area contributed by atoms with Crippen molar-refractivity contribution in [3.05, 3.63) is 98.7 Å². The average molecular weight is 486 g/mol. The molecule has 0 aromatic heterocycles. The quantitative estimate of drug-likeness (QED) is 0.428. The minimum absolute atomic E-state index is 0.147. The van der Waals surface area contributed by atoms with Gasteiger partial charge in [0.15, 0.2) is 0 Å². The van der Waals surface area contributed by atoms with Crippen LogP contribution in [0.5, 0.6) is 5.75 Å². The highest BCUT2D eigenvalue weighted by Crippen LogP contribution is 2.44. The lowest BCUT2D eigenvalue weighted by atomic mass is 9.96. The number of Topliss-reactive ketones (excluding diaryl/α,β-unsaturated/α-hetero) is 1. The van der Waals surface area contributed by atoms with Gasteiger partial charge in [-0.1, -0.05) is 39.7 Å². The Balaban J connectivity index is 1.57. The molecule has 30 heavy (non-hydrogen) atoms. The van der Waals surface area contributed by atoms with E-state index in [-0.39, 0.29) is 11.8 Å². The van der Waals surface area contributed by atoms with Gasteiger partial charge in [0.05, 0.1) is 11.8 Å². The summed E-state index contributed by atoms with van der Waals surface area (Å²) in [7, 11) is 0. The monoisotopic (exact) mass is 484 g/mol. The van der Waals surface area contributed by atoms with Gasteiger partial charge in [-0.25, -0.2) is 9.40 Å². The van der Waals surface area contributed by atoms with E-state index >= 15 is 0 Å². The van der Waals surface area contributed by atoms with Crippen LogP contribution in [0.25, 0.3) is 0 Å². The zero-order chi connectivity index (χ0) is 20.8. The van der Waals surface area contributed by atoms with Crippen molar-refractivity contribution in [3.63, 3.8) is 0 Å². The second-order valence-corrected chi connectivity index (χ2v) is 8.53. The highest BCUT2D eigenvalue weighted by atomic mass is 79.9. The Morgan fingerprint density at radius 2 is 1.83 bits per heavy atom. The Morgan fingerprint density at radius 1 is 1.10 bits per heavy atom. The summed E-state index contributed by atoms with van der Waals surface area (Å²) in [6.07, 6.45) is -0.305. The van der Waals surface area contributed by atoms with Gasteiger partial charge in [-0.15, -0.1) is 0 Å². The Labute approximate surface area is 186 Å². The maximum atomic E-state index is 13.3. The number of ketones is 1. The Morgan fingerprint density at radius 3 is 2.57 bits per heavy atom. The lowest BCUT2D eigenvalue weighted by molar-refractivity contribution is -0.00459. The minimum atomic E-state index is -0.932. The molecule has 0 bridgehead atoms. The van der Waals surface area contributed by atoms with Crippen LogP contribution in [0.1, 0.15) is 33.9 Å². The lowest BCUT2D eigenvalue weighted by Crippen LogP contribution is -2.45. The third-order valence-electron chi connectivity index (χ3n) is 5.28. The molecule has 0 spiro atoms. The molecule has 0 aliphatic carbocycles. The molecular formula is C23H15BrClFN2O2. The number of hydrazone groups is 1. The van der Waals surface area contributed by atoms with Crippen LogP contribution in [-0.4, -0.2) is 22.7 Å². The topological polar surface area (TPSA) is 41.9 Å².